The number of benzene rings is 2. The first-order valence-corrected chi connectivity index (χ1v) is 6.59. The monoisotopic (exact) mass is 325 g/mol. The third-order valence-electron chi connectivity index (χ3n) is 2.26. The molecule has 7 heteroatoms. The molecule has 0 aliphatic carbocycles. The number of fused-ring (bicyclic) bond motifs is 1. The Hall–Kier alpha value is -0.110. The van der Waals surface area contributed by atoms with Gasteiger partial charge >= 0.3 is 29.6 Å². The maximum absolute atomic E-state index is 11.2. The summed E-state index contributed by atoms with van der Waals surface area (Å²) in [6.07, 6.45) is 0. The second-order valence-corrected chi connectivity index (χ2v) is 5.53. The van der Waals surface area contributed by atoms with Gasteiger partial charge in [-0.2, -0.15) is 8.42 Å². The van der Waals surface area contributed by atoms with Gasteiger partial charge in [-0.15, -0.1) is 0 Å². The Morgan fingerprint density at radius 2 is 1.82 bits per heavy atom. The summed E-state index contributed by atoms with van der Waals surface area (Å²) >= 11 is 3.30. The molecular weight excluding hydrogens is 317 g/mol. The molecule has 0 radical (unpaired) electrons. The summed E-state index contributed by atoms with van der Waals surface area (Å²) in [5.41, 5.74) is 6.04. The van der Waals surface area contributed by atoms with Gasteiger partial charge < -0.3 is 5.73 Å². The van der Waals surface area contributed by atoms with E-state index >= 15 is 0 Å². The Kier molecular flexibility index (Phi) is 4.62. The number of anilines is 1. The van der Waals surface area contributed by atoms with E-state index < -0.39 is 10.1 Å². The predicted octanol–water partition coefficient (Wildman–Crippen LogP) is 1.78. The van der Waals surface area contributed by atoms with Crippen LogP contribution < -0.4 is 5.73 Å². The predicted molar refractivity (Wildman–Crippen MR) is 73.0 cm³/mol. The molecule has 86 valence electrons. The van der Waals surface area contributed by atoms with Gasteiger partial charge in [-0.1, -0.05) is 28.1 Å². The minimum absolute atomic E-state index is 0. The van der Waals surface area contributed by atoms with E-state index in [-0.39, 0.29) is 34.5 Å². The molecule has 2 aromatic carbocycles. The summed E-state index contributed by atoms with van der Waals surface area (Å²) in [5, 5.41) is 0.981. The topological polar surface area (TPSA) is 80.4 Å². The van der Waals surface area contributed by atoms with Crippen LogP contribution in [0.25, 0.3) is 10.8 Å². The zero-order valence-electron chi connectivity index (χ0n) is 8.01. The zero-order chi connectivity index (χ0) is 11.9. The van der Waals surface area contributed by atoms with Crippen LogP contribution in [0.2, 0.25) is 0 Å². The van der Waals surface area contributed by atoms with E-state index in [9.17, 15) is 8.42 Å². The van der Waals surface area contributed by atoms with E-state index in [0.29, 0.717) is 16.5 Å². The first kappa shape index (κ1) is 14.9. The van der Waals surface area contributed by atoms with Crippen LogP contribution in [0.1, 0.15) is 0 Å². The Labute approximate surface area is 129 Å². The standard InChI is InChI=1S/C10H8BrNO3S.Na.H/c11-7-4-5-9(16(13,14)15)10-6(7)2-1-3-8(10)12;;/h1-5H,12H2,(H,13,14,15);;. The molecule has 0 saturated heterocycles. The number of halogens is 1. The number of hydrogen-bond acceptors (Lipinski definition) is 3. The summed E-state index contributed by atoms with van der Waals surface area (Å²) < 4.78 is 32.2. The van der Waals surface area contributed by atoms with E-state index in [0.717, 1.165) is 4.47 Å². The van der Waals surface area contributed by atoms with Crippen molar-refractivity contribution in [2.24, 2.45) is 0 Å². The fraction of sp³-hybridized carbons (Fsp3) is 0. The summed E-state index contributed by atoms with van der Waals surface area (Å²) in [6.45, 7) is 0. The van der Waals surface area contributed by atoms with E-state index in [1.54, 1.807) is 24.3 Å². The molecule has 2 rings (SSSR count). The fourth-order valence-corrected chi connectivity index (χ4v) is 2.77. The van der Waals surface area contributed by atoms with Crippen molar-refractivity contribution in [1.29, 1.82) is 0 Å². The number of rotatable bonds is 1. The van der Waals surface area contributed by atoms with Gasteiger partial charge in [-0.3, -0.25) is 4.55 Å². The van der Waals surface area contributed by atoms with Crippen molar-refractivity contribution < 1.29 is 13.0 Å². The number of hydrogen-bond donors (Lipinski definition) is 2. The first-order chi connectivity index (χ1) is 7.41. The molecule has 0 amide bonds. The molecule has 2 aromatic rings. The van der Waals surface area contributed by atoms with Crippen LogP contribution in [0.4, 0.5) is 5.69 Å². The molecule has 0 aliphatic rings. The molecular formula is C10H9BrNNaO3S. The van der Waals surface area contributed by atoms with Crippen molar-refractivity contribution in [2.75, 3.05) is 5.73 Å². The van der Waals surface area contributed by atoms with Crippen molar-refractivity contribution in [3.8, 4) is 0 Å². The Morgan fingerprint density at radius 1 is 1.18 bits per heavy atom. The number of nitrogens with two attached hydrogens (primary N) is 1. The molecule has 0 fully saturated rings. The number of nitrogen functional groups attached to an aromatic ring is 1. The summed E-state index contributed by atoms with van der Waals surface area (Å²) in [7, 11) is -4.27. The molecule has 0 spiro atoms. The molecule has 17 heavy (non-hydrogen) atoms. The van der Waals surface area contributed by atoms with Gasteiger partial charge in [0.2, 0.25) is 0 Å². The minimum atomic E-state index is -4.27. The molecule has 0 aliphatic heterocycles. The average molecular weight is 326 g/mol. The summed E-state index contributed by atoms with van der Waals surface area (Å²) in [4.78, 5) is -0.177. The van der Waals surface area contributed by atoms with Crippen molar-refractivity contribution in [2.45, 2.75) is 4.90 Å². The second-order valence-electron chi connectivity index (χ2n) is 3.29. The Bertz CT molecular complexity index is 673. The van der Waals surface area contributed by atoms with Crippen LogP contribution in [0.5, 0.6) is 0 Å². The van der Waals surface area contributed by atoms with Gasteiger partial charge in [0.1, 0.15) is 4.90 Å². The van der Waals surface area contributed by atoms with E-state index in [1.807, 2.05) is 0 Å². The molecule has 0 heterocycles. The van der Waals surface area contributed by atoms with Crippen molar-refractivity contribution in [3.63, 3.8) is 0 Å². The van der Waals surface area contributed by atoms with Crippen LogP contribution in [0.3, 0.4) is 0 Å². The van der Waals surface area contributed by atoms with Gasteiger partial charge in [0, 0.05) is 15.5 Å². The summed E-state index contributed by atoms with van der Waals surface area (Å²) in [5.74, 6) is 0. The van der Waals surface area contributed by atoms with Gasteiger partial charge in [-0.05, 0) is 23.6 Å². The van der Waals surface area contributed by atoms with Crippen molar-refractivity contribution >= 4 is 72.1 Å². The van der Waals surface area contributed by atoms with E-state index in [1.165, 1.54) is 6.07 Å². The van der Waals surface area contributed by atoms with Gasteiger partial charge in [0.15, 0.2) is 0 Å². The summed E-state index contributed by atoms with van der Waals surface area (Å²) in [6, 6.07) is 7.91. The Balaban J connectivity index is 0.00000144. The van der Waals surface area contributed by atoms with Crippen LogP contribution in [-0.2, 0) is 10.1 Å². The third-order valence-corrected chi connectivity index (χ3v) is 3.85. The van der Waals surface area contributed by atoms with Crippen LogP contribution in [0.15, 0.2) is 39.7 Å². The van der Waals surface area contributed by atoms with E-state index in [4.69, 9.17) is 10.3 Å². The molecule has 0 bridgehead atoms. The van der Waals surface area contributed by atoms with E-state index in [2.05, 4.69) is 15.9 Å². The average Bonchev–Trinajstić information content (AvgIpc) is 2.18. The van der Waals surface area contributed by atoms with Crippen molar-refractivity contribution in [3.05, 3.63) is 34.8 Å². The van der Waals surface area contributed by atoms with Gasteiger partial charge in [0.25, 0.3) is 10.1 Å². The second kappa shape index (κ2) is 5.26. The molecule has 0 unspecified atom stereocenters. The van der Waals surface area contributed by atoms with Crippen LogP contribution in [0, 0.1) is 0 Å². The quantitative estimate of drug-likeness (QED) is 0.476. The maximum atomic E-state index is 11.2. The Morgan fingerprint density at radius 3 is 2.41 bits per heavy atom. The van der Waals surface area contributed by atoms with Crippen LogP contribution in [-0.4, -0.2) is 42.5 Å². The first-order valence-electron chi connectivity index (χ1n) is 4.35. The normalized spacial score (nSPS) is 11.2. The zero-order valence-corrected chi connectivity index (χ0v) is 10.4. The SMILES string of the molecule is Nc1cccc2c(Br)ccc(S(=O)(=O)O)c12.[NaH]. The molecule has 0 aromatic heterocycles. The molecule has 0 atom stereocenters. The molecule has 3 N–H and O–H groups in total. The van der Waals surface area contributed by atoms with Gasteiger partial charge in [0.05, 0.1) is 0 Å². The fourth-order valence-electron chi connectivity index (χ4n) is 1.58. The van der Waals surface area contributed by atoms with Crippen LogP contribution >= 0.6 is 15.9 Å². The molecule has 0 saturated carbocycles. The third kappa shape index (κ3) is 2.83. The molecule has 4 nitrogen and oxygen atoms in total. The van der Waals surface area contributed by atoms with Crippen molar-refractivity contribution in [1.82, 2.24) is 0 Å². The van der Waals surface area contributed by atoms with Gasteiger partial charge in [-0.25, -0.2) is 0 Å².